The van der Waals surface area contributed by atoms with Crippen LogP contribution in [0, 0.1) is 0 Å². The van der Waals surface area contributed by atoms with Crippen LogP contribution < -0.4 is 11.1 Å². The van der Waals surface area contributed by atoms with E-state index in [0.717, 1.165) is 15.9 Å². The van der Waals surface area contributed by atoms with E-state index in [1.54, 1.807) is 6.07 Å². The first-order chi connectivity index (χ1) is 10.5. The number of benzene rings is 2. The third-order valence-corrected chi connectivity index (χ3v) is 4.35. The average Bonchev–Trinajstić information content (AvgIpc) is 2.86. The normalized spacial score (nSPS) is 11.0. The zero-order chi connectivity index (χ0) is 15.7. The average molecular weight is 311 g/mol. The molecule has 0 atom stereocenters. The third kappa shape index (κ3) is 2.94. The van der Waals surface area contributed by atoms with Crippen molar-refractivity contribution in [3.63, 3.8) is 0 Å². The van der Waals surface area contributed by atoms with Crippen molar-refractivity contribution in [3.05, 3.63) is 53.6 Å². The first kappa shape index (κ1) is 14.5. The molecule has 0 spiro atoms. The van der Waals surface area contributed by atoms with E-state index in [2.05, 4.69) is 24.1 Å². The number of nitrogens with zero attached hydrogens (tertiary/aromatic N) is 1. The number of nitrogens with two attached hydrogens (primary N) is 1. The molecule has 3 rings (SSSR count). The number of nitrogens with one attached hydrogen (secondary N) is 1. The summed E-state index contributed by atoms with van der Waals surface area (Å²) in [6, 6.07) is 13.3. The smallest absolute Gasteiger partial charge is 0.255 e. The Morgan fingerprint density at radius 3 is 2.59 bits per heavy atom. The molecule has 1 aromatic heterocycles. The highest BCUT2D eigenvalue weighted by Crippen LogP contribution is 2.25. The van der Waals surface area contributed by atoms with Gasteiger partial charge in [-0.3, -0.25) is 4.79 Å². The number of thiazole rings is 1. The van der Waals surface area contributed by atoms with Gasteiger partial charge in [0.05, 0.1) is 10.2 Å². The zero-order valence-corrected chi connectivity index (χ0v) is 13.3. The Bertz CT molecular complexity index is 822. The number of fused-ring (bicyclic) bond motifs is 1. The summed E-state index contributed by atoms with van der Waals surface area (Å²) < 4.78 is 0.917. The lowest BCUT2D eigenvalue weighted by molar-refractivity contribution is 0.102. The van der Waals surface area contributed by atoms with Crippen LogP contribution in [0.2, 0.25) is 0 Å². The van der Waals surface area contributed by atoms with Crippen molar-refractivity contribution in [2.75, 3.05) is 11.1 Å². The second-order valence-electron chi connectivity index (χ2n) is 5.47. The fraction of sp³-hybridized carbons (Fsp3) is 0.176. The van der Waals surface area contributed by atoms with Crippen LogP contribution in [0.1, 0.15) is 35.7 Å². The van der Waals surface area contributed by atoms with Gasteiger partial charge in [-0.25, -0.2) is 4.98 Å². The molecule has 1 heterocycles. The first-order valence-electron chi connectivity index (χ1n) is 7.10. The summed E-state index contributed by atoms with van der Waals surface area (Å²) in [7, 11) is 0. The van der Waals surface area contributed by atoms with E-state index in [1.165, 1.54) is 16.9 Å². The van der Waals surface area contributed by atoms with Gasteiger partial charge in [0, 0.05) is 11.3 Å². The molecule has 112 valence electrons. The van der Waals surface area contributed by atoms with Gasteiger partial charge in [0.2, 0.25) is 0 Å². The molecule has 5 heteroatoms. The van der Waals surface area contributed by atoms with Crippen molar-refractivity contribution in [1.82, 2.24) is 4.98 Å². The van der Waals surface area contributed by atoms with Crippen molar-refractivity contribution < 1.29 is 4.79 Å². The molecule has 1 amide bonds. The van der Waals surface area contributed by atoms with E-state index in [4.69, 9.17) is 5.73 Å². The summed E-state index contributed by atoms with van der Waals surface area (Å²) in [5.41, 5.74) is 9.15. The number of hydrogen-bond acceptors (Lipinski definition) is 4. The van der Waals surface area contributed by atoms with Crippen molar-refractivity contribution in [2.45, 2.75) is 19.8 Å². The summed E-state index contributed by atoms with van der Waals surface area (Å²) in [5.74, 6) is 0.343. The largest absolute Gasteiger partial charge is 0.375 e. The first-order valence-corrected chi connectivity index (χ1v) is 7.92. The minimum atomic E-state index is -0.133. The van der Waals surface area contributed by atoms with E-state index >= 15 is 0 Å². The summed E-state index contributed by atoms with van der Waals surface area (Å²) >= 11 is 1.38. The monoisotopic (exact) mass is 311 g/mol. The van der Waals surface area contributed by atoms with Gasteiger partial charge in [-0.2, -0.15) is 0 Å². The second-order valence-corrected chi connectivity index (χ2v) is 6.53. The molecule has 4 nitrogen and oxygen atoms in total. The van der Waals surface area contributed by atoms with Crippen LogP contribution >= 0.6 is 11.3 Å². The van der Waals surface area contributed by atoms with Crippen LogP contribution in [-0.2, 0) is 0 Å². The quantitative estimate of drug-likeness (QED) is 0.759. The fourth-order valence-corrected chi connectivity index (χ4v) is 3.01. The molecule has 22 heavy (non-hydrogen) atoms. The SMILES string of the molecule is CC(C)c1ccc(NC(=O)c2ccc3nc(N)sc3c2)cc1. The molecular weight excluding hydrogens is 294 g/mol. The van der Waals surface area contributed by atoms with Gasteiger partial charge in [0.1, 0.15) is 0 Å². The van der Waals surface area contributed by atoms with E-state index < -0.39 is 0 Å². The van der Waals surface area contributed by atoms with Crippen LogP contribution in [0.5, 0.6) is 0 Å². The van der Waals surface area contributed by atoms with Crippen LogP contribution in [0.4, 0.5) is 10.8 Å². The van der Waals surface area contributed by atoms with Crippen molar-refractivity contribution >= 4 is 38.3 Å². The number of rotatable bonds is 3. The maximum absolute atomic E-state index is 12.3. The predicted molar refractivity (Wildman–Crippen MR) is 92.5 cm³/mol. The minimum absolute atomic E-state index is 0.133. The Morgan fingerprint density at radius 2 is 1.91 bits per heavy atom. The lowest BCUT2D eigenvalue weighted by Crippen LogP contribution is -2.11. The van der Waals surface area contributed by atoms with Crippen LogP contribution in [0.3, 0.4) is 0 Å². The van der Waals surface area contributed by atoms with Crippen LogP contribution in [0.25, 0.3) is 10.2 Å². The predicted octanol–water partition coefficient (Wildman–Crippen LogP) is 4.25. The van der Waals surface area contributed by atoms with Gasteiger partial charge in [0.15, 0.2) is 5.13 Å². The van der Waals surface area contributed by atoms with E-state index in [-0.39, 0.29) is 5.91 Å². The third-order valence-electron chi connectivity index (χ3n) is 3.50. The topological polar surface area (TPSA) is 68.0 Å². The molecule has 0 saturated heterocycles. The highest BCUT2D eigenvalue weighted by Gasteiger charge is 2.09. The Kier molecular flexibility index (Phi) is 3.81. The maximum Gasteiger partial charge on any atom is 0.255 e. The minimum Gasteiger partial charge on any atom is -0.375 e. The van der Waals surface area contributed by atoms with Gasteiger partial charge in [-0.1, -0.05) is 37.3 Å². The Morgan fingerprint density at radius 1 is 1.18 bits per heavy atom. The van der Waals surface area contributed by atoms with Gasteiger partial charge >= 0.3 is 0 Å². The Hall–Kier alpha value is -2.40. The molecule has 0 aliphatic carbocycles. The second kappa shape index (κ2) is 5.77. The number of nitrogen functional groups attached to an aromatic ring is 1. The van der Waals surface area contributed by atoms with Gasteiger partial charge in [0.25, 0.3) is 5.91 Å². The summed E-state index contributed by atoms with van der Waals surface area (Å²) in [5, 5.41) is 3.42. The summed E-state index contributed by atoms with van der Waals surface area (Å²) in [6.45, 7) is 4.28. The van der Waals surface area contributed by atoms with Crippen LogP contribution in [0.15, 0.2) is 42.5 Å². The Balaban J connectivity index is 1.80. The highest BCUT2D eigenvalue weighted by atomic mass is 32.1. The van der Waals surface area contributed by atoms with E-state index in [1.807, 2.05) is 36.4 Å². The molecule has 3 aromatic rings. The van der Waals surface area contributed by atoms with Crippen molar-refractivity contribution in [1.29, 1.82) is 0 Å². The van der Waals surface area contributed by atoms with Gasteiger partial charge < -0.3 is 11.1 Å². The van der Waals surface area contributed by atoms with Crippen molar-refractivity contribution in [3.8, 4) is 0 Å². The Labute approximate surface area is 133 Å². The number of anilines is 2. The summed E-state index contributed by atoms with van der Waals surface area (Å²) in [4.78, 5) is 16.5. The molecule has 0 fully saturated rings. The molecule has 0 aliphatic rings. The lowest BCUT2D eigenvalue weighted by atomic mass is 10.0. The van der Waals surface area contributed by atoms with E-state index in [0.29, 0.717) is 16.6 Å². The molecule has 3 N–H and O–H groups in total. The molecule has 0 bridgehead atoms. The lowest BCUT2D eigenvalue weighted by Gasteiger charge is -2.08. The number of hydrogen-bond donors (Lipinski definition) is 2. The highest BCUT2D eigenvalue weighted by molar-refractivity contribution is 7.22. The number of amides is 1. The standard InChI is InChI=1S/C17H17N3OS/c1-10(2)11-3-6-13(7-4-11)19-16(21)12-5-8-14-15(9-12)22-17(18)20-14/h3-10H,1-2H3,(H2,18,20)(H,19,21). The molecular formula is C17H17N3OS. The number of carbonyl (C=O) groups excluding carboxylic acids is 1. The van der Waals surface area contributed by atoms with Crippen LogP contribution in [-0.4, -0.2) is 10.9 Å². The van der Waals surface area contributed by atoms with Gasteiger partial charge in [-0.05, 0) is 41.8 Å². The number of carbonyl (C=O) groups is 1. The van der Waals surface area contributed by atoms with Crippen molar-refractivity contribution in [2.24, 2.45) is 0 Å². The molecule has 0 radical (unpaired) electrons. The molecule has 0 saturated carbocycles. The molecule has 0 aliphatic heterocycles. The fourth-order valence-electron chi connectivity index (χ4n) is 2.24. The van der Waals surface area contributed by atoms with E-state index in [9.17, 15) is 4.79 Å². The maximum atomic E-state index is 12.3. The molecule has 0 unspecified atom stereocenters. The number of aromatic nitrogens is 1. The molecule has 2 aromatic carbocycles. The van der Waals surface area contributed by atoms with Gasteiger partial charge in [-0.15, -0.1) is 0 Å². The zero-order valence-electron chi connectivity index (χ0n) is 12.5. The summed E-state index contributed by atoms with van der Waals surface area (Å²) in [6.07, 6.45) is 0.